The van der Waals surface area contributed by atoms with Crippen LogP contribution in [0.5, 0.6) is 5.75 Å². The summed E-state index contributed by atoms with van der Waals surface area (Å²) in [7, 11) is 1.54. The number of carbonyl (C=O) groups excluding carboxylic acids is 2. The number of nitrogens with one attached hydrogen (secondary N) is 1. The lowest BCUT2D eigenvalue weighted by atomic mass is 9.72. The van der Waals surface area contributed by atoms with E-state index in [9.17, 15) is 9.59 Å². The van der Waals surface area contributed by atoms with Gasteiger partial charge in [0.25, 0.3) is 11.8 Å². The first-order valence-electron chi connectivity index (χ1n) is 10.6. The number of methoxy groups -OCH3 is 1. The summed E-state index contributed by atoms with van der Waals surface area (Å²) >= 11 is 5.05. The number of rotatable bonds is 4. The van der Waals surface area contributed by atoms with Crippen LogP contribution in [0.25, 0.3) is 10.8 Å². The van der Waals surface area contributed by atoms with Crippen molar-refractivity contribution in [1.29, 1.82) is 0 Å². The molecule has 1 heterocycles. The zero-order chi connectivity index (χ0) is 23.2. The van der Waals surface area contributed by atoms with Crippen LogP contribution in [0.1, 0.15) is 58.3 Å². The molecule has 0 aliphatic heterocycles. The van der Waals surface area contributed by atoms with Crippen LogP contribution in [0.3, 0.4) is 0 Å². The fraction of sp³-hybridized carbons (Fsp3) is 0.360. The molecule has 32 heavy (non-hydrogen) atoms. The fourth-order valence-corrected chi connectivity index (χ4v) is 6.56. The summed E-state index contributed by atoms with van der Waals surface area (Å²) in [5.41, 5.74) is 7.78. The number of amides is 2. The van der Waals surface area contributed by atoms with Gasteiger partial charge in [-0.1, -0.05) is 45.0 Å². The van der Waals surface area contributed by atoms with Crippen molar-refractivity contribution >= 4 is 54.9 Å². The lowest BCUT2D eigenvalue weighted by molar-refractivity contribution is 0.1000. The normalized spacial score (nSPS) is 16.0. The van der Waals surface area contributed by atoms with Crippen molar-refractivity contribution < 1.29 is 14.3 Å². The van der Waals surface area contributed by atoms with E-state index < -0.39 is 5.91 Å². The highest BCUT2D eigenvalue weighted by molar-refractivity contribution is 9.10. The highest BCUT2D eigenvalue weighted by Gasteiger charge is 2.34. The van der Waals surface area contributed by atoms with Gasteiger partial charge in [0.15, 0.2) is 0 Å². The van der Waals surface area contributed by atoms with Crippen LogP contribution in [0.4, 0.5) is 5.00 Å². The first-order valence-corrected chi connectivity index (χ1v) is 12.2. The quantitative estimate of drug-likeness (QED) is 0.436. The molecular weight excluding hydrogens is 488 g/mol. The lowest BCUT2D eigenvalue weighted by Gasteiger charge is -2.33. The molecule has 0 bridgehead atoms. The van der Waals surface area contributed by atoms with Crippen molar-refractivity contribution in [2.75, 3.05) is 12.4 Å². The number of ether oxygens (including phenoxy) is 1. The molecule has 1 aliphatic rings. The topological polar surface area (TPSA) is 81.4 Å². The Hall–Kier alpha value is -2.38. The molecule has 0 radical (unpaired) electrons. The van der Waals surface area contributed by atoms with Gasteiger partial charge in [-0.05, 0) is 68.9 Å². The highest BCUT2D eigenvalue weighted by atomic mass is 79.9. The first-order chi connectivity index (χ1) is 15.1. The zero-order valence-electron chi connectivity index (χ0n) is 18.7. The molecule has 3 N–H and O–H groups in total. The van der Waals surface area contributed by atoms with Crippen molar-refractivity contribution in [2.45, 2.75) is 40.0 Å². The molecule has 1 aliphatic carbocycles. The largest absolute Gasteiger partial charge is 0.495 e. The van der Waals surface area contributed by atoms with Crippen LogP contribution in [0.2, 0.25) is 0 Å². The minimum Gasteiger partial charge on any atom is -0.495 e. The monoisotopic (exact) mass is 514 g/mol. The standard InChI is InChI=1S/C25H27BrN2O3S/c1-25(2,3)14-9-10-16-18(12-14)32-24(19(16)22(27)29)28-23(30)17-11-13-7-5-6-8-15(13)20(26)21(17)31-4/h5-8,11,14H,9-10,12H2,1-4H3,(H2,27,29)(H,28,30)/t14-/m1/s1. The summed E-state index contributed by atoms with van der Waals surface area (Å²) in [4.78, 5) is 26.8. The predicted octanol–water partition coefficient (Wildman–Crippen LogP) is 6.17. The van der Waals surface area contributed by atoms with E-state index in [-0.39, 0.29) is 11.3 Å². The average Bonchev–Trinajstić information content (AvgIpc) is 3.10. The molecule has 3 aromatic rings. The number of primary amides is 1. The Morgan fingerprint density at radius 3 is 2.62 bits per heavy atom. The highest BCUT2D eigenvalue weighted by Crippen LogP contribution is 2.44. The molecule has 1 aromatic heterocycles. The number of fused-ring (bicyclic) bond motifs is 2. The van der Waals surface area contributed by atoms with Gasteiger partial charge in [-0.15, -0.1) is 11.3 Å². The Bertz CT molecular complexity index is 1230. The van der Waals surface area contributed by atoms with E-state index in [0.717, 1.165) is 44.9 Å². The number of thiophene rings is 1. The van der Waals surface area contributed by atoms with E-state index >= 15 is 0 Å². The molecule has 4 rings (SSSR count). The second-order valence-corrected chi connectivity index (χ2v) is 11.2. The molecule has 2 aromatic carbocycles. The number of hydrogen-bond donors (Lipinski definition) is 2. The van der Waals surface area contributed by atoms with Crippen LogP contribution in [0, 0.1) is 11.3 Å². The van der Waals surface area contributed by atoms with E-state index in [0.29, 0.717) is 27.8 Å². The molecule has 0 fully saturated rings. The van der Waals surface area contributed by atoms with Crippen LogP contribution >= 0.6 is 27.3 Å². The fourth-order valence-electron chi connectivity index (χ4n) is 4.50. The van der Waals surface area contributed by atoms with Crippen molar-refractivity contribution in [3.05, 3.63) is 56.4 Å². The summed E-state index contributed by atoms with van der Waals surface area (Å²) in [6, 6.07) is 9.58. The van der Waals surface area contributed by atoms with E-state index in [1.54, 1.807) is 6.07 Å². The molecular formula is C25H27BrN2O3S. The summed E-state index contributed by atoms with van der Waals surface area (Å²) in [5.74, 6) is 0.144. The Morgan fingerprint density at radius 1 is 1.25 bits per heavy atom. The molecule has 7 heteroatoms. The summed E-state index contributed by atoms with van der Waals surface area (Å²) in [6.45, 7) is 6.74. The lowest BCUT2D eigenvalue weighted by Crippen LogP contribution is -2.27. The maximum atomic E-state index is 13.3. The van der Waals surface area contributed by atoms with Crippen LogP contribution in [-0.2, 0) is 12.8 Å². The molecule has 1 atom stereocenters. The molecule has 0 unspecified atom stereocenters. The Balaban J connectivity index is 1.73. The van der Waals surface area contributed by atoms with Gasteiger partial charge < -0.3 is 15.8 Å². The number of nitrogens with two attached hydrogens (primary N) is 1. The minimum absolute atomic E-state index is 0.183. The molecule has 0 spiro atoms. The summed E-state index contributed by atoms with van der Waals surface area (Å²) in [5, 5.41) is 5.36. The second kappa shape index (κ2) is 8.52. The molecule has 0 saturated heterocycles. The Kier molecular flexibility index (Phi) is 6.07. The summed E-state index contributed by atoms with van der Waals surface area (Å²) in [6.07, 6.45) is 2.70. The molecule has 168 valence electrons. The van der Waals surface area contributed by atoms with E-state index in [4.69, 9.17) is 10.5 Å². The summed E-state index contributed by atoms with van der Waals surface area (Å²) < 4.78 is 6.28. The Morgan fingerprint density at radius 2 is 1.97 bits per heavy atom. The minimum atomic E-state index is -0.501. The third-order valence-electron chi connectivity index (χ3n) is 6.35. The average molecular weight is 515 g/mol. The smallest absolute Gasteiger partial charge is 0.260 e. The first kappa shape index (κ1) is 22.8. The van der Waals surface area contributed by atoms with Gasteiger partial charge in [-0.2, -0.15) is 0 Å². The van der Waals surface area contributed by atoms with Gasteiger partial charge in [0.1, 0.15) is 10.8 Å². The van der Waals surface area contributed by atoms with Gasteiger partial charge in [0, 0.05) is 4.88 Å². The van der Waals surface area contributed by atoms with E-state index in [1.165, 1.54) is 18.4 Å². The van der Waals surface area contributed by atoms with Crippen molar-refractivity contribution in [3.63, 3.8) is 0 Å². The number of halogens is 1. The van der Waals surface area contributed by atoms with Crippen molar-refractivity contribution in [3.8, 4) is 5.75 Å². The van der Waals surface area contributed by atoms with Gasteiger partial charge in [-0.25, -0.2) is 0 Å². The SMILES string of the molecule is COc1c(C(=O)Nc2sc3c(c2C(N)=O)CC[C@@H](C(C)(C)C)C3)cc2ccccc2c1Br. The maximum absolute atomic E-state index is 13.3. The van der Waals surface area contributed by atoms with Gasteiger partial charge in [0.05, 0.1) is 22.7 Å². The number of carbonyl (C=O) groups is 2. The molecule has 2 amide bonds. The molecule has 0 saturated carbocycles. The van der Waals surface area contributed by atoms with E-state index in [1.807, 2.05) is 24.3 Å². The predicted molar refractivity (Wildman–Crippen MR) is 134 cm³/mol. The van der Waals surface area contributed by atoms with E-state index in [2.05, 4.69) is 42.0 Å². The van der Waals surface area contributed by atoms with Crippen molar-refractivity contribution in [2.24, 2.45) is 17.1 Å². The van der Waals surface area contributed by atoms with Gasteiger partial charge in [-0.3, -0.25) is 9.59 Å². The zero-order valence-corrected chi connectivity index (χ0v) is 21.1. The van der Waals surface area contributed by atoms with Crippen LogP contribution in [0.15, 0.2) is 34.8 Å². The number of hydrogen-bond acceptors (Lipinski definition) is 4. The van der Waals surface area contributed by atoms with Crippen LogP contribution < -0.4 is 15.8 Å². The molecule has 5 nitrogen and oxygen atoms in total. The second-order valence-electron chi connectivity index (χ2n) is 9.32. The maximum Gasteiger partial charge on any atom is 0.260 e. The number of benzene rings is 2. The van der Waals surface area contributed by atoms with Crippen molar-refractivity contribution in [1.82, 2.24) is 0 Å². The third-order valence-corrected chi connectivity index (χ3v) is 8.31. The third kappa shape index (κ3) is 4.04. The van der Waals surface area contributed by atoms with Gasteiger partial charge >= 0.3 is 0 Å². The van der Waals surface area contributed by atoms with Crippen LogP contribution in [-0.4, -0.2) is 18.9 Å². The number of anilines is 1. The van der Waals surface area contributed by atoms with Gasteiger partial charge in [0.2, 0.25) is 0 Å². The Labute approximate surface area is 200 Å².